The molecule has 0 spiro atoms. The fraction of sp³-hybridized carbons (Fsp3) is 0.471. The molecule has 0 aliphatic carbocycles. The summed E-state index contributed by atoms with van der Waals surface area (Å²) in [6, 6.07) is 10.9. The van der Waals surface area contributed by atoms with Crippen molar-refractivity contribution in [3.63, 3.8) is 0 Å². The molecule has 108 valence electrons. The molecule has 0 saturated heterocycles. The highest BCUT2D eigenvalue weighted by Crippen LogP contribution is 2.21. The fourth-order valence-corrected chi connectivity index (χ4v) is 2.38. The second kappa shape index (κ2) is 7.98. The molecule has 0 aliphatic rings. The molecule has 20 heavy (non-hydrogen) atoms. The van der Waals surface area contributed by atoms with E-state index in [9.17, 15) is 0 Å². The third-order valence-corrected chi connectivity index (χ3v) is 3.38. The Balaban J connectivity index is 2.09. The molecule has 1 unspecified atom stereocenters. The first kappa shape index (κ1) is 14.9. The minimum absolute atomic E-state index is 0.336. The molecule has 1 atom stereocenters. The molecule has 3 nitrogen and oxygen atoms in total. The van der Waals surface area contributed by atoms with E-state index in [1.54, 1.807) is 0 Å². The van der Waals surface area contributed by atoms with Crippen LogP contribution < -0.4 is 5.32 Å². The summed E-state index contributed by atoms with van der Waals surface area (Å²) in [5.41, 5.74) is 2.35. The van der Waals surface area contributed by atoms with Crippen LogP contribution in [0.15, 0.2) is 36.5 Å². The van der Waals surface area contributed by atoms with Crippen molar-refractivity contribution in [3.8, 4) is 0 Å². The monoisotopic (exact) mass is 272 g/mol. The number of hydrogen-bond acceptors (Lipinski definition) is 3. The summed E-state index contributed by atoms with van der Waals surface area (Å²) in [5, 5.41) is 4.72. The van der Waals surface area contributed by atoms with Crippen LogP contribution in [0.1, 0.15) is 38.3 Å². The van der Waals surface area contributed by atoms with Crippen molar-refractivity contribution < 1.29 is 4.74 Å². The zero-order valence-electron chi connectivity index (χ0n) is 12.4. The standard InChI is InChI=1S/C17H24N2O/c1-3-11-20-12-9-16(18-4-2)15-8-7-14-6-5-10-19-17(14)13-15/h5-8,10,13,16,18H,3-4,9,11-12H2,1-2H3. The first-order valence-corrected chi connectivity index (χ1v) is 7.51. The van der Waals surface area contributed by atoms with Crippen LogP contribution in [0.5, 0.6) is 0 Å². The van der Waals surface area contributed by atoms with Gasteiger partial charge in [-0.2, -0.15) is 0 Å². The van der Waals surface area contributed by atoms with Crippen LogP contribution in [0, 0.1) is 0 Å². The fourth-order valence-electron chi connectivity index (χ4n) is 2.38. The number of nitrogens with zero attached hydrogens (tertiary/aromatic N) is 1. The SMILES string of the molecule is CCCOCCC(NCC)c1ccc2cccnc2c1. The van der Waals surface area contributed by atoms with Crippen LogP contribution in [0.4, 0.5) is 0 Å². The van der Waals surface area contributed by atoms with E-state index in [1.165, 1.54) is 10.9 Å². The van der Waals surface area contributed by atoms with Crippen LogP contribution in [0.2, 0.25) is 0 Å². The van der Waals surface area contributed by atoms with Crippen molar-refractivity contribution in [1.82, 2.24) is 10.3 Å². The van der Waals surface area contributed by atoms with E-state index in [1.807, 2.05) is 12.3 Å². The van der Waals surface area contributed by atoms with Crippen LogP contribution in [-0.2, 0) is 4.74 Å². The zero-order chi connectivity index (χ0) is 14.2. The van der Waals surface area contributed by atoms with Crippen molar-refractivity contribution in [3.05, 3.63) is 42.1 Å². The quantitative estimate of drug-likeness (QED) is 0.744. The normalized spacial score (nSPS) is 12.7. The van der Waals surface area contributed by atoms with Gasteiger partial charge in [0.15, 0.2) is 0 Å². The zero-order valence-corrected chi connectivity index (χ0v) is 12.4. The third kappa shape index (κ3) is 4.02. The number of pyridine rings is 1. The van der Waals surface area contributed by atoms with Crippen molar-refractivity contribution in [2.45, 2.75) is 32.7 Å². The van der Waals surface area contributed by atoms with Gasteiger partial charge in [-0.3, -0.25) is 4.98 Å². The Hall–Kier alpha value is -1.45. The summed E-state index contributed by atoms with van der Waals surface area (Å²) < 4.78 is 5.61. The molecule has 2 aromatic rings. The predicted octanol–water partition coefficient (Wildman–Crippen LogP) is 3.70. The maximum atomic E-state index is 5.61. The highest BCUT2D eigenvalue weighted by atomic mass is 16.5. The van der Waals surface area contributed by atoms with Gasteiger partial charge in [0.05, 0.1) is 5.52 Å². The molecule has 2 rings (SSSR count). The average Bonchev–Trinajstić information content (AvgIpc) is 2.50. The summed E-state index contributed by atoms with van der Waals surface area (Å²) in [7, 11) is 0. The van der Waals surface area contributed by atoms with Gasteiger partial charge in [-0.1, -0.05) is 32.0 Å². The first-order valence-electron chi connectivity index (χ1n) is 7.51. The molecule has 0 radical (unpaired) electrons. The molecular weight excluding hydrogens is 248 g/mol. The van der Waals surface area contributed by atoms with Gasteiger partial charge in [-0.25, -0.2) is 0 Å². The van der Waals surface area contributed by atoms with Crippen LogP contribution in [0.3, 0.4) is 0 Å². The number of rotatable bonds is 8. The molecule has 0 aliphatic heterocycles. The second-order valence-corrected chi connectivity index (χ2v) is 4.97. The van der Waals surface area contributed by atoms with E-state index in [0.29, 0.717) is 6.04 Å². The lowest BCUT2D eigenvalue weighted by Crippen LogP contribution is -2.22. The molecule has 3 heteroatoms. The number of aromatic nitrogens is 1. The maximum absolute atomic E-state index is 5.61. The van der Waals surface area contributed by atoms with Gasteiger partial charge in [0.2, 0.25) is 0 Å². The second-order valence-electron chi connectivity index (χ2n) is 4.97. The topological polar surface area (TPSA) is 34.1 Å². The van der Waals surface area contributed by atoms with Crippen molar-refractivity contribution in [1.29, 1.82) is 0 Å². The van der Waals surface area contributed by atoms with E-state index in [-0.39, 0.29) is 0 Å². The van der Waals surface area contributed by atoms with Gasteiger partial charge in [0, 0.05) is 30.8 Å². The van der Waals surface area contributed by atoms with Crippen molar-refractivity contribution in [2.24, 2.45) is 0 Å². The molecule has 0 fully saturated rings. The maximum Gasteiger partial charge on any atom is 0.0705 e. The number of ether oxygens (including phenoxy) is 1. The highest BCUT2D eigenvalue weighted by Gasteiger charge is 2.10. The summed E-state index contributed by atoms with van der Waals surface area (Å²) >= 11 is 0. The van der Waals surface area contributed by atoms with Crippen LogP contribution >= 0.6 is 0 Å². The van der Waals surface area contributed by atoms with E-state index in [2.05, 4.69) is 48.4 Å². The predicted molar refractivity (Wildman–Crippen MR) is 83.9 cm³/mol. The largest absolute Gasteiger partial charge is 0.381 e. The Bertz CT molecular complexity index is 527. The molecule has 1 N–H and O–H groups in total. The Morgan fingerprint density at radius 2 is 2.10 bits per heavy atom. The summed E-state index contributed by atoms with van der Waals surface area (Å²) in [4.78, 5) is 4.44. The smallest absolute Gasteiger partial charge is 0.0705 e. The lowest BCUT2D eigenvalue weighted by atomic mass is 10.0. The molecule has 1 heterocycles. The Kier molecular flexibility index (Phi) is 5.96. The molecule has 0 saturated carbocycles. The third-order valence-electron chi connectivity index (χ3n) is 3.38. The number of hydrogen-bond donors (Lipinski definition) is 1. The minimum Gasteiger partial charge on any atom is -0.381 e. The van der Waals surface area contributed by atoms with Crippen molar-refractivity contribution >= 4 is 10.9 Å². The van der Waals surface area contributed by atoms with Crippen LogP contribution in [-0.4, -0.2) is 24.7 Å². The Morgan fingerprint density at radius 3 is 2.90 bits per heavy atom. The number of nitrogens with one attached hydrogen (secondary N) is 1. The summed E-state index contributed by atoms with van der Waals surface area (Å²) in [6.45, 7) is 6.87. The molecule has 1 aromatic heterocycles. The molecule has 1 aromatic carbocycles. The van der Waals surface area contributed by atoms with Gasteiger partial charge >= 0.3 is 0 Å². The van der Waals surface area contributed by atoms with E-state index in [4.69, 9.17) is 4.74 Å². The van der Waals surface area contributed by atoms with Gasteiger partial charge in [-0.15, -0.1) is 0 Å². The molecule has 0 bridgehead atoms. The first-order chi connectivity index (χ1) is 9.85. The highest BCUT2D eigenvalue weighted by molar-refractivity contribution is 5.78. The molecular formula is C17H24N2O. The van der Waals surface area contributed by atoms with Gasteiger partial charge in [0.25, 0.3) is 0 Å². The summed E-state index contributed by atoms with van der Waals surface area (Å²) in [6.07, 6.45) is 3.91. The van der Waals surface area contributed by atoms with E-state index >= 15 is 0 Å². The summed E-state index contributed by atoms with van der Waals surface area (Å²) in [5.74, 6) is 0. The Labute approximate surface area is 121 Å². The van der Waals surface area contributed by atoms with Crippen LogP contribution in [0.25, 0.3) is 10.9 Å². The average molecular weight is 272 g/mol. The van der Waals surface area contributed by atoms with Crippen molar-refractivity contribution in [2.75, 3.05) is 19.8 Å². The number of fused-ring (bicyclic) bond motifs is 1. The van der Waals surface area contributed by atoms with Gasteiger partial charge in [-0.05, 0) is 37.1 Å². The van der Waals surface area contributed by atoms with E-state index in [0.717, 1.165) is 38.1 Å². The Morgan fingerprint density at radius 1 is 1.20 bits per heavy atom. The molecule has 0 amide bonds. The van der Waals surface area contributed by atoms with Gasteiger partial charge in [0.1, 0.15) is 0 Å². The lowest BCUT2D eigenvalue weighted by Gasteiger charge is -2.18. The number of benzene rings is 1. The lowest BCUT2D eigenvalue weighted by molar-refractivity contribution is 0.124. The van der Waals surface area contributed by atoms with Gasteiger partial charge < -0.3 is 10.1 Å². The minimum atomic E-state index is 0.336. The van der Waals surface area contributed by atoms with E-state index < -0.39 is 0 Å².